The van der Waals surface area contributed by atoms with Crippen LogP contribution in [0.3, 0.4) is 0 Å². The third kappa shape index (κ3) is 1.06. The number of hydrogen-bond acceptors (Lipinski definition) is 3. The predicted molar refractivity (Wildman–Crippen MR) is 50.4 cm³/mol. The van der Waals surface area contributed by atoms with E-state index in [1.165, 1.54) is 10.6 Å². The molecule has 68 valence electrons. The summed E-state index contributed by atoms with van der Waals surface area (Å²) in [5.41, 5.74) is 0.223. The Morgan fingerprint density at radius 2 is 2.23 bits per heavy atom. The number of nitrogens with one attached hydrogen (secondary N) is 2. The van der Waals surface area contributed by atoms with Gasteiger partial charge >= 0.3 is 0 Å². The summed E-state index contributed by atoms with van der Waals surface area (Å²) in [4.78, 5) is 16.9. The van der Waals surface area contributed by atoms with Crippen LogP contribution in [0.4, 0.5) is 0 Å². The summed E-state index contributed by atoms with van der Waals surface area (Å²) in [6.45, 7) is 0. The van der Waals surface area contributed by atoms with Crippen molar-refractivity contribution in [1.82, 2.24) is 14.5 Å². The van der Waals surface area contributed by atoms with Crippen molar-refractivity contribution in [3.8, 4) is 5.88 Å². The summed E-state index contributed by atoms with van der Waals surface area (Å²) < 4.78 is 1.63. The van der Waals surface area contributed by atoms with E-state index in [0.29, 0.717) is 15.8 Å². The lowest BCUT2D eigenvalue weighted by Crippen LogP contribution is -2.17. The van der Waals surface area contributed by atoms with Crippen LogP contribution in [0.25, 0.3) is 11.0 Å². The van der Waals surface area contributed by atoms with Gasteiger partial charge in [0.05, 0.1) is 5.39 Å². The Balaban J connectivity index is 3.10. The first-order valence-corrected chi connectivity index (χ1v) is 4.01. The van der Waals surface area contributed by atoms with Crippen LogP contribution >= 0.6 is 12.2 Å². The molecule has 0 saturated heterocycles. The molecule has 3 N–H and O–H groups in total. The molecule has 0 amide bonds. The largest absolute Gasteiger partial charge is 0.495 e. The van der Waals surface area contributed by atoms with Crippen molar-refractivity contribution < 1.29 is 5.11 Å². The molecule has 0 radical (unpaired) electrons. The van der Waals surface area contributed by atoms with Crippen molar-refractivity contribution in [2.24, 2.45) is 7.05 Å². The fourth-order valence-electron chi connectivity index (χ4n) is 1.17. The monoisotopic (exact) mass is 197 g/mol. The third-order valence-corrected chi connectivity index (χ3v) is 2.25. The summed E-state index contributed by atoms with van der Waals surface area (Å²) in [5, 5.41) is 9.50. The summed E-state index contributed by atoms with van der Waals surface area (Å²) >= 11 is 4.88. The van der Waals surface area contributed by atoms with Crippen molar-refractivity contribution >= 4 is 23.3 Å². The minimum absolute atomic E-state index is 0.0519. The molecule has 0 atom stereocenters. The number of aromatic amines is 2. The van der Waals surface area contributed by atoms with Gasteiger partial charge in [0.2, 0.25) is 0 Å². The van der Waals surface area contributed by atoms with Gasteiger partial charge in [-0.1, -0.05) is 0 Å². The van der Waals surface area contributed by atoms with Crippen molar-refractivity contribution in [2.75, 3.05) is 0 Å². The molecule has 2 aromatic rings. The fourth-order valence-corrected chi connectivity index (χ4v) is 1.36. The SMILES string of the molecule is Cn1c(=S)[nH]c2[nH]c(O)cc2c1=O. The van der Waals surface area contributed by atoms with E-state index in [1.54, 1.807) is 7.05 Å². The second kappa shape index (κ2) is 2.46. The molecule has 0 aromatic carbocycles. The van der Waals surface area contributed by atoms with E-state index in [1.807, 2.05) is 0 Å². The van der Waals surface area contributed by atoms with Gasteiger partial charge in [0.15, 0.2) is 10.7 Å². The van der Waals surface area contributed by atoms with Gasteiger partial charge in [-0.3, -0.25) is 9.36 Å². The molecular weight excluding hydrogens is 190 g/mol. The lowest BCUT2D eigenvalue weighted by Gasteiger charge is -1.96. The van der Waals surface area contributed by atoms with Crippen molar-refractivity contribution in [1.29, 1.82) is 0 Å². The average molecular weight is 197 g/mol. The molecule has 0 aliphatic carbocycles. The van der Waals surface area contributed by atoms with Crippen LogP contribution in [-0.4, -0.2) is 19.6 Å². The molecule has 2 rings (SSSR count). The van der Waals surface area contributed by atoms with Crippen LogP contribution in [0.15, 0.2) is 10.9 Å². The maximum Gasteiger partial charge on any atom is 0.263 e. The molecule has 6 heteroatoms. The van der Waals surface area contributed by atoms with Crippen LogP contribution in [0, 0.1) is 4.77 Å². The van der Waals surface area contributed by atoms with Crippen LogP contribution in [0.2, 0.25) is 0 Å². The van der Waals surface area contributed by atoms with Gasteiger partial charge in [0.1, 0.15) is 5.65 Å². The predicted octanol–water partition coefficient (Wildman–Crippen LogP) is 0.630. The summed E-state index contributed by atoms with van der Waals surface area (Å²) in [5.74, 6) is -0.0519. The van der Waals surface area contributed by atoms with Crippen molar-refractivity contribution in [2.45, 2.75) is 0 Å². The topological polar surface area (TPSA) is 73.8 Å². The summed E-state index contributed by atoms with van der Waals surface area (Å²) in [6, 6.07) is 1.36. The normalized spacial score (nSPS) is 10.8. The highest BCUT2D eigenvalue weighted by Gasteiger charge is 2.05. The van der Waals surface area contributed by atoms with Crippen LogP contribution in [0.5, 0.6) is 5.88 Å². The molecule has 5 nitrogen and oxygen atoms in total. The number of nitrogens with zero attached hydrogens (tertiary/aromatic N) is 1. The van der Waals surface area contributed by atoms with E-state index in [-0.39, 0.29) is 11.4 Å². The van der Waals surface area contributed by atoms with E-state index in [0.717, 1.165) is 0 Å². The first-order valence-electron chi connectivity index (χ1n) is 3.60. The zero-order valence-electron chi connectivity index (χ0n) is 6.79. The fraction of sp³-hybridized carbons (Fsp3) is 0.143. The average Bonchev–Trinajstić information content (AvgIpc) is 2.42. The molecule has 0 saturated carbocycles. The first-order chi connectivity index (χ1) is 6.09. The number of rotatable bonds is 0. The van der Waals surface area contributed by atoms with Gasteiger partial charge in [-0.05, 0) is 12.2 Å². The molecule has 2 aromatic heterocycles. The summed E-state index contributed by atoms with van der Waals surface area (Å²) in [7, 11) is 1.57. The lowest BCUT2D eigenvalue weighted by molar-refractivity contribution is 0.458. The number of aromatic nitrogens is 3. The number of hydrogen-bond donors (Lipinski definition) is 3. The highest BCUT2D eigenvalue weighted by Crippen LogP contribution is 2.12. The Kier molecular flexibility index (Phi) is 1.53. The van der Waals surface area contributed by atoms with E-state index >= 15 is 0 Å². The smallest absolute Gasteiger partial charge is 0.263 e. The van der Waals surface area contributed by atoms with Gasteiger partial charge in [0.25, 0.3) is 5.56 Å². The molecule has 0 aliphatic heterocycles. The molecular formula is C7H7N3O2S. The number of H-pyrrole nitrogens is 2. The zero-order valence-corrected chi connectivity index (χ0v) is 7.60. The van der Waals surface area contributed by atoms with Gasteiger partial charge in [-0.15, -0.1) is 0 Å². The van der Waals surface area contributed by atoms with Crippen LogP contribution < -0.4 is 5.56 Å². The van der Waals surface area contributed by atoms with Crippen LogP contribution in [0.1, 0.15) is 0 Å². The Bertz CT molecular complexity index is 577. The minimum atomic E-state index is -0.227. The molecule has 0 bridgehead atoms. The van der Waals surface area contributed by atoms with E-state index in [2.05, 4.69) is 9.97 Å². The molecule has 0 fully saturated rings. The maximum atomic E-state index is 11.5. The Morgan fingerprint density at radius 3 is 2.92 bits per heavy atom. The van der Waals surface area contributed by atoms with Gasteiger partial charge < -0.3 is 15.1 Å². The molecule has 0 aliphatic rings. The highest BCUT2D eigenvalue weighted by molar-refractivity contribution is 7.71. The van der Waals surface area contributed by atoms with E-state index in [4.69, 9.17) is 17.3 Å². The van der Waals surface area contributed by atoms with Crippen LogP contribution in [-0.2, 0) is 7.05 Å². The second-order valence-electron chi connectivity index (χ2n) is 2.74. The first kappa shape index (κ1) is 8.06. The van der Waals surface area contributed by atoms with E-state index < -0.39 is 0 Å². The zero-order chi connectivity index (χ0) is 9.59. The van der Waals surface area contributed by atoms with Gasteiger partial charge in [-0.2, -0.15) is 0 Å². The minimum Gasteiger partial charge on any atom is -0.495 e. The molecule has 13 heavy (non-hydrogen) atoms. The van der Waals surface area contributed by atoms with Gasteiger partial charge in [0, 0.05) is 13.1 Å². The number of fused-ring (bicyclic) bond motifs is 1. The Hall–Kier alpha value is -1.56. The Labute approximate surface area is 77.7 Å². The molecule has 0 unspecified atom stereocenters. The van der Waals surface area contributed by atoms with Crippen molar-refractivity contribution in [3.05, 3.63) is 21.2 Å². The quantitative estimate of drug-likeness (QED) is 0.542. The van der Waals surface area contributed by atoms with E-state index in [9.17, 15) is 4.79 Å². The van der Waals surface area contributed by atoms with Crippen molar-refractivity contribution in [3.63, 3.8) is 0 Å². The van der Waals surface area contributed by atoms with Gasteiger partial charge in [-0.25, -0.2) is 0 Å². The second-order valence-corrected chi connectivity index (χ2v) is 3.12. The maximum absolute atomic E-state index is 11.5. The lowest BCUT2D eigenvalue weighted by atomic mass is 10.4. The standard InChI is InChI=1S/C7H7N3O2S/c1-10-6(12)3-2-4(11)8-5(3)9-7(10)13/h2,8,11H,1H3,(H,9,13). The number of aromatic hydroxyl groups is 1. The summed E-state index contributed by atoms with van der Waals surface area (Å²) in [6.07, 6.45) is 0. The Morgan fingerprint density at radius 1 is 1.54 bits per heavy atom. The highest BCUT2D eigenvalue weighted by atomic mass is 32.1. The molecule has 2 heterocycles. The molecule has 0 spiro atoms. The third-order valence-electron chi connectivity index (χ3n) is 1.88.